The van der Waals surface area contributed by atoms with Gasteiger partial charge in [0.1, 0.15) is 3.53 Å². The third kappa shape index (κ3) is 36.3. The molecule has 0 heterocycles. The molecular weight excluding hydrogens is 192 g/mol. The molecule has 0 radical (unpaired) electrons. The summed E-state index contributed by atoms with van der Waals surface area (Å²) in [6.07, 6.45) is 3.97. The van der Waals surface area contributed by atoms with Gasteiger partial charge in [-0.25, -0.2) is 0 Å². The first-order chi connectivity index (χ1) is 4.81. The molecule has 0 aliphatic heterocycles. The zero-order valence-corrected chi connectivity index (χ0v) is 10.2. The van der Waals surface area contributed by atoms with E-state index in [1.165, 1.54) is 0 Å². The molecule has 0 saturated carbocycles. The predicted molar refractivity (Wildman–Crippen MR) is 69.1 cm³/mol. The second-order valence-electron chi connectivity index (χ2n) is 0.658. The van der Waals surface area contributed by atoms with Crippen LogP contribution >= 0.6 is 35.7 Å². The highest BCUT2D eigenvalue weighted by molar-refractivity contribution is 8.46. The SMILES string of the molecule is C.CC.CC.CSC(=S)SC. The van der Waals surface area contributed by atoms with Crippen LogP contribution in [0.15, 0.2) is 0 Å². The Balaban J connectivity index is -0.0000000428. The van der Waals surface area contributed by atoms with Crippen molar-refractivity contribution < 1.29 is 0 Å². The lowest BCUT2D eigenvalue weighted by Crippen LogP contribution is -1.69. The Morgan fingerprint density at radius 1 is 0.909 bits per heavy atom. The van der Waals surface area contributed by atoms with Crippen LogP contribution < -0.4 is 0 Å². The number of hydrogen-bond donors (Lipinski definition) is 0. The smallest absolute Gasteiger partial charge is 0.103 e. The molecule has 0 saturated heterocycles. The minimum absolute atomic E-state index is 0. The molecule has 3 heteroatoms. The molecule has 0 amide bonds. The third-order valence-electron chi connectivity index (χ3n) is 0.333. The zero-order chi connectivity index (χ0) is 8.99. The molecule has 0 aromatic carbocycles. The molecule has 0 nitrogen and oxygen atoms in total. The molecule has 0 aromatic rings. The maximum absolute atomic E-state index is 4.78. The van der Waals surface area contributed by atoms with Crippen molar-refractivity contribution in [2.45, 2.75) is 35.1 Å². The molecule has 0 bridgehead atoms. The Hall–Kier alpha value is 0.790. The van der Waals surface area contributed by atoms with Crippen LogP contribution in [0.2, 0.25) is 0 Å². The Labute approximate surface area is 86.9 Å². The first kappa shape index (κ1) is 22.6. The highest BCUT2D eigenvalue weighted by Crippen LogP contribution is 2.08. The second-order valence-corrected chi connectivity index (χ2v) is 3.47. The van der Waals surface area contributed by atoms with Crippen LogP contribution in [-0.4, -0.2) is 16.0 Å². The summed E-state index contributed by atoms with van der Waals surface area (Å²) >= 11 is 8.02. The van der Waals surface area contributed by atoms with E-state index >= 15 is 0 Å². The Kier molecular flexibility index (Phi) is 63.4. The summed E-state index contributed by atoms with van der Waals surface area (Å²) in [5.41, 5.74) is 0. The topological polar surface area (TPSA) is 0 Å². The summed E-state index contributed by atoms with van der Waals surface area (Å²) in [4.78, 5) is 0. The normalized spacial score (nSPS) is 5.64. The van der Waals surface area contributed by atoms with Gasteiger partial charge in [0, 0.05) is 0 Å². The van der Waals surface area contributed by atoms with Crippen molar-refractivity contribution in [3.8, 4) is 0 Å². The van der Waals surface area contributed by atoms with Gasteiger partial charge in [0.15, 0.2) is 0 Å². The van der Waals surface area contributed by atoms with E-state index in [0.29, 0.717) is 0 Å². The van der Waals surface area contributed by atoms with E-state index in [1.54, 1.807) is 23.5 Å². The Morgan fingerprint density at radius 3 is 1.09 bits per heavy atom. The van der Waals surface area contributed by atoms with Crippen molar-refractivity contribution in [3.05, 3.63) is 0 Å². The van der Waals surface area contributed by atoms with Crippen LogP contribution in [-0.2, 0) is 0 Å². The van der Waals surface area contributed by atoms with Crippen molar-refractivity contribution in [3.63, 3.8) is 0 Å². The molecule has 0 fully saturated rings. The summed E-state index contributed by atoms with van der Waals surface area (Å²) < 4.78 is 1.01. The van der Waals surface area contributed by atoms with E-state index in [-0.39, 0.29) is 7.43 Å². The van der Waals surface area contributed by atoms with E-state index in [1.807, 2.05) is 40.2 Å². The lowest BCUT2D eigenvalue weighted by Gasteiger charge is -1.85. The predicted octanol–water partition coefficient (Wildman–Crippen LogP) is 4.69. The quantitative estimate of drug-likeness (QED) is 0.537. The maximum atomic E-state index is 4.78. The third-order valence-corrected chi connectivity index (χ3v) is 3.00. The second kappa shape index (κ2) is 30.8. The summed E-state index contributed by atoms with van der Waals surface area (Å²) in [6, 6.07) is 0. The molecule has 0 atom stereocenters. The first-order valence-electron chi connectivity index (χ1n) is 3.43. The minimum Gasteiger partial charge on any atom is -0.111 e. The van der Waals surface area contributed by atoms with Crippen molar-refractivity contribution in [2.75, 3.05) is 12.5 Å². The molecule has 0 N–H and O–H groups in total. The highest BCUT2D eigenvalue weighted by Gasteiger charge is 1.82. The van der Waals surface area contributed by atoms with Crippen molar-refractivity contribution in [2.24, 2.45) is 0 Å². The maximum Gasteiger partial charge on any atom is 0.103 e. The van der Waals surface area contributed by atoms with Gasteiger partial charge in [-0.2, -0.15) is 0 Å². The van der Waals surface area contributed by atoms with E-state index in [9.17, 15) is 0 Å². The van der Waals surface area contributed by atoms with Gasteiger partial charge in [-0.05, 0) is 12.5 Å². The lowest BCUT2D eigenvalue weighted by molar-refractivity contribution is 1.50. The van der Waals surface area contributed by atoms with Crippen molar-refractivity contribution in [1.82, 2.24) is 0 Å². The van der Waals surface area contributed by atoms with Crippen molar-refractivity contribution >= 4 is 39.3 Å². The summed E-state index contributed by atoms with van der Waals surface area (Å²) in [5.74, 6) is 0. The Bertz CT molecular complexity index is 47.3. The standard InChI is InChI=1S/C3H6S3.2C2H6.CH4/c1-5-3(4)6-2;2*1-2;/h1-2H3;2*1-2H3;1H4. The number of thiocarbonyl (C=S) groups is 1. The van der Waals surface area contributed by atoms with Crippen LogP contribution in [0, 0.1) is 0 Å². The fourth-order valence-corrected chi connectivity index (χ4v) is 0.750. The molecule has 0 unspecified atom stereocenters. The van der Waals surface area contributed by atoms with E-state index in [4.69, 9.17) is 12.2 Å². The molecule has 0 spiro atoms. The first-order valence-corrected chi connectivity index (χ1v) is 6.29. The molecule has 0 aromatic heterocycles. The van der Waals surface area contributed by atoms with Crippen LogP contribution in [0.1, 0.15) is 35.1 Å². The molecule has 0 aliphatic carbocycles. The summed E-state index contributed by atoms with van der Waals surface area (Å²) in [7, 11) is 0. The fraction of sp³-hybridized carbons (Fsp3) is 0.875. The van der Waals surface area contributed by atoms with Gasteiger partial charge in [-0.3, -0.25) is 0 Å². The lowest BCUT2D eigenvalue weighted by atomic mass is 11.0. The number of hydrogen-bond acceptors (Lipinski definition) is 3. The summed E-state index contributed by atoms with van der Waals surface area (Å²) in [6.45, 7) is 8.00. The zero-order valence-electron chi connectivity index (χ0n) is 7.72. The molecule has 72 valence electrons. The van der Waals surface area contributed by atoms with E-state index in [2.05, 4.69) is 0 Å². The van der Waals surface area contributed by atoms with Gasteiger partial charge in [0.05, 0.1) is 0 Å². The minimum atomic E-state index is 0. The van der Waals surface area contributed by atoms with Crippen molar-refractivity contribution in [1.29, 1.82) is 0 Å². The van der Waals surface area contributed by atoms with E-state index < -0.39 is 0 Å². The number of thioether (sulfide) groups is 2. The highest BCUT2D eigenvalue weighted by atomic mass is 32.2. The van der Waals surface area contributed by atoms with E-state index in [0.717, 1.165) is 3.53 Å². The summed E-state index contributed by atoms with van der Waals surface area (Å²) in [5, 5.41) is 0. The number of rotatable bonds is 0. The van der Waals surface area contributed by atoms with Gasteiger partial charge in [-0.15, -0.1) is 23.5 Å². The molecular formula is C8H22S3. The van der Waals surface area contributed by atoms with Gasteiger partial charge in [0.25, 0.3) is 0 Å². The van der Waals surface area contributed by atoms with Crippen LogP contribution in [0.25, 0.3) is 0 Å². The molecule has 0 rings (SSSR count). The fourth-order valence-electron chi connectivity index (χ4n) is 0.0833. The van der Waals surface area contributed by atoms with Crippen LogP contribution in [0.3, 0.4) is 0 Å². The van der Waals surface area contributed by atoms with Crippen LogP contribution in [0.4, 0.5) is 0 Å². The average Bonchev–Trinajstić information content (AvgIpc) is 2.10. The van der Waals surface area contributed by atoms with Gasteiger partial charge in [-0.1, -0.05) is 47.3 Å². The van der Waals surface area contributed by atoms with Crippen LogP contribution in [0.5, 0.6) is 0 Å². The van der Waals surface area contributed by atoms with Gasteiger partial charge >= 0.3 is 0 Å². The van der Waals surface area contributed by atoms with Gasteiger partial charge < -0.3 is 0 Å². The monoisotopic (exact) mass is 214 g/mol. The molecule has 0 aliphatic rings. The average molecular weight is 214 g/mol. The largest absolute Gasteiger partial charge is 0.111 e. The van der Waals surface area contributed by atoms with Gasteiger partial charge in [0.2, 0.25) is 0 Å². The Morgan fingerprint density at radius 2 is 1.09 bits per heavy atom. The molecule has 11 heavy (non-hydrogen) atoms.